The topological polar surface area (TPSA) is 44.8 Å². The molecule has 0 aromatic heterocycles. The molecular formula is C22H30O4SSi. The lowest BCUT2D eigenvalue weighted by Crippen LogP contribution is -2.45. The third-order valence-corrected chi connectivity index (χ3v) is 10.6. The third-order valence-electron chi connectivity index (χ3n) is 4.93. The number of benzene rings is 2. The van der Waals surface area contributed by atoms with Gasteiger partial charge in [0.2, 0.25) is 0 Å². The highest BCUT2D eigenvalue weighted by atomic mass is 32.2. The number of methoxy groups -OCH3 is 1. The standard InChI is InChI=1S/C22H30O4SSi/c1-22(2,3)28(5,6)26-21(27-19-14-12-18(24-4)13-15-19)20(23)25-16-17-10-8-7-9-11-17/h7-15,21H,16H2,1-6H3. The van der Waals surface area contributed by atoms with Gasteiger partial charge in [-0.3, -0.25) is 0 Å². The molecule has 1 unspecified atom stereocenters. The molecule has 0 aliphatic rings. The zero-order valence-corrected chi connectivity index (χ0v) is 19.3. The van der Waals surface area contributed by atoms with E-state index in [9.17, 15) is 4.79 Å². The maximum absolute atomic E-state index is 12.9. The summed E-state index contributed by atoms with van der Waals surface area (Å²) in [5.41, 5.74) is 0.245. The minimum atomic E-state index is -2.16. The summed E-state index contributed by atoms with van der Waals surface area (Å²) in [7, 11) is -0.526. The zero-order valence-electron chi connectivity index (χ0n) is 17.5. The number of carbonyl (C=O) groups excluding carboxylic acids is 1. The normalized spacial score (nSPS) is 13.1. The Kier molecular flexibility index (Phi) is 7.75. The van der Waals surface area contributed by atoms with Crippen LogP contribution in [0.3, 0.4) is 0 Å². The van der Waals surface area contributed by atoms with Gasteiger partial charge in [0.15, 0.2) is 13.8 Å². The molecule has 152 valence electrons. The van der Waals surface area contributed by atoms with Crippen LogP contribution in [0.25, 0.3) is 0 Å². The lowest BCUT2D eigenvalue weighted by Gasteiger charge is -2.38. The smallest absolute Gasteiger partial charge is 0.345 e. The number of thioether (sulfide) groups is 1. The lowest BCUT2D eigenvalue weighted by molar-refractivity contribution is -0.149. The molecular weight excluding hydrogens is 388 g/mol. The Morgan fingerprint density at radius 3 is 2.18 bits per heavy atom. The van der Waals surface area contributed by atoms with E-state index in [-0.39, 0.29) is 17.6 Å². The van der Waals surface area contributed by atoms with E-state index in [1.54, 1.807) is 7.11 Å². The Morgan fingerprint density at radius 1 is 1.04 bits per heavy atom. The molecule has 2 aromatic rings. The van der Waals surface area contributed by atoms with E-state index in [2.05, 4.69) is 33.9 Å². The summed E-state index contributed by atoms with van der Waals surface area (Å²) in [5, 5.41) is -0.00850. The number of ether oxygens (including phenoxy) is 2. The van der Waals surface area contributed by atoms with Gasteiger partial charge in [0.1, 0.15) is 12.4 Å². The molecule has 0 bridgehead atoms. The van der Waals surface area contributed by atoms with E-state index < -0.39 is 13.8 Å². The third kappa shape index (κ3) is 6.40. The van der Waals surface area contributed by atoms with Crippen LogP contribution in [0, 0.1) is 0 Å². The molecule has 0 heterocycles. The zero-order chi connectivity index (χ0) is 20.8. The molecule has 2 rings (SSSR count). The Labute approximate surface area is 173 Å². The molecule has 4 nitrogen and oxygen atoms in total. The predicted octanol–water partition coefficient (Wildman–Crippen LogP) is 5.88. The van der Waals surface area contributed by atoms with Gasteiger partial charge in [-0.25, -0.2) is 4.79 Å². The first-order chi connectivity index (χ1) is 13.1. The fraction of sp³-hybridized carbons (Fsp3) is 0.409. The van der Waals surface area contributed by atoms with Gasteiger partial charge in [0.25, 0.3) is 0 Å². The number of esters is 1. The fourth-order valence-electron chi connectivity index (χ4n) is 2.14. The van der Waals surface area contributed by atoms with Crippen LogP contribution in [-0.2, 0) is 20.6 Å². The number of hydrogen-bond donors (Lipinski definition) is 0. The van der Waals surface area contributed by atoms with E-state index in [0.29, 0.717) is 0 Å². The van der Waals surface area contributed by atoms with Crippen LogP contribution in [0.1, 0.15) is 26.3 Å². The molecule has 0 aliphatic carbocycles. The fourth-order valence-corrected chi connectivity index (χ4v) is 4.74. The Balaban J connectivity index is 2.15. The SMILES string of the molecule is COc1ccc(SC(O[Si](C)(C)C(C)(C)C)C(=O)OCc2ccccc2)cc1. The van der Waals surface area contributed by atoms with Gasteiger partial charge in [0.05, 0.1) is 7.11 Å². The van der Waals surface area contributed by atoms with E-state index >= 15 is 0 Å². The highest BCUT2D eigenvalue weighted by Gasteiger charge is 2.41. The van der Waals surface area contributed by atoms with Crippen molar-refractivity contribution in [3.05, 3.63) is 60.2 Å². The number of rotatable bonds is 8. The Bertz CT molecular complexity index is 754. The van der Waals surface area contributed by atoms with Gasteiger partial charge < -0.3 is 13.9 Å². The molecule has 0 amide bonds. The van der Waals surface area contributed by atoms with Gasteiger partial charge in [-0.15, -0.1) is 0 Å². The van der Waals surface area contributed by atoms with Crippen LogP contribution >= 0.6 is 11.8 Å². The van der Waals surface area contributed by atoms with E-state index in [4.69, 9.17) is 13.9 Å². The van der Waals surface area contributed by atoms with Crippen LogP contribution in [0.2, 0.25) is 18.1 Å². The van der Waals surface area contributed by atoms with Gasteiger partial charge in [-0.05, 0) is 48.0 Å². The average molecular weight is 419 g/mol. The minimum absolute atomic E-state index is 0.00850. The second kappa shape index (κ2) is 9.63. The summed E-state index contributed by atoms with van der Waals surface area (Å²) < 4.78 is 17.2. The first-order valence-corrected chi connectivity index (χ1v) is 13.1. The van der Waals surface area contributed by atoms with Crippen molar-refractivity contribution in [2.24, 2.45) is 0 Å². The lowest BCUT2D eigenvalue weighted by atomic mass is 10.2. The van der Waals surface area contributed by atoms with Crippen molar-refractivity contribution >= 4 is 26.0 Å². The van der Waals surface area contributed by atoms with E-state index in [1.165, 1.54) is 11.8 Å². The average Bonchev–Trinajstić information content (AvgIpc) is 2.66. The second-order valence-corrected chi connectivity index (χ2v) is 14.0. The van der Waals surface area contributed by atoms with Gasteiger partial charge in [0, 0.05) is 4.90 Å². The highest BCUT2D eigenvalue weighted by molar-refractivity contribution is 8.00. The maximum atomic E-state index is 12.9. The van der Waals surface area contributed by atoms with Crippen molar-refractivity contribution in [1.82, 2.24) is 0 Å². The molecule has 0 spiro atoms. The first-order valence-electron chi connectivity index (χ1n) is 9.31. The molecule has 0 aliphatic heterocycles. The molecule has 6 heteroatoms. The summed E-state index contributed by atoms with van der Waals surface area (Å²) in [6.45, 7) is 11.0. The Hall–Kier alpha value is -1.76. The van der Waals surface area contributed by atoms with Crippen molar-refractivity contribution in [1.29, 1.82) is 0 Å². The maximum Gasteiger partial charge on any atom is 0.345 e. The minimum Gasteiger partial charge on any atom is -0.497 e. The highest BCUT2D eigenvalue weighted by Crippen LogP contribution is 2.40. The first kappa shape index (κ1) is 22.5. The quantitative estimate of drug-likeness (QED) is 0.232. The summed E-state index contributed by atoms with van der Waals surface area (Å²) in [6.07, 6.45) is 0. The van der Waals surface area contributed by atoms with Gasteiger partial charge >= 0.3 is 5.97 Å². The van der Waals surface area contributed by atoms with E-state index in [0.717, 1.165) is 16.2 Å². The van der Waals surface area contributed by atoms with Crippen LogP contribution < -0.4 is 4.74 Å². The largest absolute Gasteiger partial charge is 0.497 e. The molecule has 0 fully saturated rings. The molecule has 0 saturated heterocycles. The monoisotopic (exact) mass is 418 g/mol. The van der Waals surface area contributed by atoms with Gasteiger partial charge in [-0.1, -0.05) is 62.9 Å². The summed E-state index contributed by atoms with van der Waals surface area (Å²) in [5.74, 6) is 0.423. The van der Waals surface area contributed by atoms with Crippen LogP contribution in [0.15, 0.2) is 59.5 Å². The van der Waals surface area contributed by atoms with E-state index in [1.807, 2.05) is 54.6 Å². The van der Waals surface area contributed by atoms with Gasteiger partial charge in [-0.2, -0.15) is 0 Å². The van der Waals surface area contributed by atoms with Crippen LogP contribution in [-0.4, -0.2) is 26.8 Å². The van der Waals surface area contributed by atoms with Crippen LogP contribution in [0.4, 0.5) is 0 Å². The number of hydrogen-bond acceptors (Lipinski definition) is 5. The van der Waals surface area contributed by atoms with Crippen molar-refractivity contribution in [2.75, 3.05) is 7.11 Å². The summed E-state index contributed by atoms with van der Waals surface area (Å²) in [4.78, 5) is 13.8. The summed E-state index contributed by atoms with van der Waals surface area (Å²) in [6, 6.07) is 17.3. The number of carbonyl (C=O) groups is 1. The van der Waals surface area contributed by atoms with Crippen molar-refractivity contribution in [2.45, 2.75) is 55.8 Å². The molecule has 0 N–H and O–H groups in total. The second-order valence-electron chi connectivity index (χ2n) is 8.10. The Morgan fingerprint density at radius 2 is 1.64 bits per heavy atom. The molecule has 1 atom stereocenters. The molecule has 2 aromatic carbocycles. The van der Waals surface area contributed by atoms with Crippen molar-refractivity contribution in [3.63, 3.8) is 0 Å². The molecule has 28 heavy (non-hydrogen) atoms. The summed E-state index contributed by atoms with van der Waals surface area (Å²) >= 11 is 1.38. The predicted molar refractivity (Wildman–Crippen MR) is 117 cm³/mol. The van der Waals surface area contributed by atoms with Crippen molar-refractivity contribution in [3.8, 4) is 5.75 Å². The molecule has 0 radical (unpaired) electrons. The van der Waals surface area contributed by atoms with Crippen molar-refractivity contribution < 1.29 is 18.7 Å². The van der Waals surface area contributed by atoms with Crippen LogP contribution in [0.5, 0.6) is 5.75 Å². The molecule has 0 saturated carbocycles.